The van der Waals surface area contributed by atoms with Crippen molar-refractivity contribution in [3.63, 3.8) is 0 Å². The van der Waals surface area contributed by atoms with Crippen LogP contribution in [-0.2, 0) is 0 Å². The van der Waals surface area contributed by atoms with Gasteiger partial charge >= 0.3 is 0 Å². The standard InChI is InChI=1S/C15H18S2/c1-10-6-16-8-14(10)12-4-3-5-13(12)15-9-17-7-11(15)2/h6-9,12-13H,3-5H2,1-2H3. The van der Waals surface area contributed by atoms with Gasteiger partial charge in [-0.25, -0.2) is 0 Å². The van der Waals surface area contributed by atoms with Gasteiger partial charge in [-0.05, 0) is 82.3 Å². The van der Waals surface area contributed by atoms with E-state index in [1.54, 1.807) is 11.1 Å². The fraction of sp³-hybridized carbons (Fsp3) is 0.467. The van der Waals surface area contributed by atoms with Crippen LogP contribution in [0.15, 0.2) is 21.5 Å². The maximum atomic E-state index is 2.38. The Morgan fingerprint density at radius 3 is 1.65 bits per heavy atom. The van der Waals surface area contributed by atoms with Crippen LogP contribution in [0.1, 0.15) is 53.4 Å². The molecule has 0 nitrogen and oxygen atoms in total. The largest absolute Gasteiger partial charge is 0.152 e. The van der Waals surface area contributed by atoms with Crippen LogP contribution in [0.25, 0.3) is 0 Å². The van der Waals surface area contributed by atoms with Crippen molar-refractivity contribution in [3.05, 3.63) is 43.8 Å². The average Bonchev–Trinajstić information content (AvgIpc) is 2.97. The summed E-state index contributed by atoms with van der Waals surface area (Å²) in [6, 6.07) is 0. The lowest BCUT2D eigenvalue weighted by Gasteiger charge is -2.20. The fourth-order valence-electron chi connectivity index (χ4n) is 3.20. The lowest BCUT2D eigenvalue weighted by atomic mass is 9.84. The lowest BCUT2D eigenvalue weighted by Crippen LogP contribution is -2.05. The summed E-state index contributed by atoms with van der Waals surface area (Å²) in [6.07, 6.45) is 4.13. The van der Waals surface area contributed by atoms with Crippen LogP contribution in [0.5, 0.6) is 0 Å². The van der Waals surface area contributed by atoms with E-state index in [4.69, 9.17) is 0 Å². The van der Waals surface area contributed by atoms with E-state index in [9.17, 15) is 0 Å². The number of thiophene rings is 2. The third-order valence-electron chi connectivity index (χ3n) is 4.11. The Hall–Kier alpha value is -0.600. The first-order chi connectivity index (χ1) is 8.27. The van der Waals surface area contributed by atoms with Gasteiger partial charge in [0.2, 0.25) is 0 Å². The van der Waals surface area contributed by atoms with Crippen LogP contribution in [-0.4, -0.2) is 0 Å². The van der Waals surface area contributed by atoms with Crippen molar-refractivity contribution in [2.24, 2.45) is 0 Å². The van der Waals surface area contributed by atoms with Gasteiger partial charge in [0, 0.05) is 0 Å². The molecule has 0 radical (unpaired) electrons. The second-order valence-electron chi connectivity index (χ2n) is 5.16. The van der Waals surface area contributed by atoms with Gasteiger partial charge in [0.25, 0.3) is 0 Å². The van der Waals surface area contributed by atoms with E-state index in [1.165, 1.54) is 30.4 Å². The fourth-order valence-corrected chi connectivity index (χ4v) is 5.04. The molecule has 0 amide bonds. The van der Waals surface area contributed by atoms with E-state index in [0.29, 0.717) is 0 Å². The van der Waals surface area contributed by atoms with Gasteiger partial charge in [0.05, 0.1) is 0 Å². The number of hydrogen-bond donors (Lipinski definition) is 0. The highest BCUT2D eigenvalue weighted by molar-refractivity contribution is 7.08. The van der Waals surface area contributed by atoms with Crippen molar-refractivity contribution >= 4 is 22.7 Å². The van der Waals surface area contributed by atoms with Crippen LogP contribution < -0.4 is 0 Å². The van der Waals surface area contributed by atoms with E-state index in [2.05, 4.69) is 35.4 Å². The second kappa shape index (κ2) is 4.58. The van der Waals surface area contributed by atoms with Crippen molar-refractivity contribution in [1.82, 2.24) is 0 Å². The summed E-state index contributed by atoms with van der Waals surface area (Å²) in [7, 11) is 0. The lowest BCUT2D eigenvalue weighted by molar-refractivity contribution is 0.622. The first-order valence-corrected chi connectivity index (χ1v) is 8.21. The highest BCUT2D eigenvalue weighted by Gasteiger charge is 2.32. The molecule has 0 bridgehead atoms. The van der Waals surface area contributed by atoms with Crippen LogP contribution in [0.3, 0.4) is 0 Å². The summed E-state index contributed by atoms with van der Waals surface area (Å²) in [6.45, 7) is 4.53. The van der Waals surface area contributed by atoms with Gasteiger partial charge < -0.3 is 0 Å². The Balaban J connectivity index is 1.96. The van der Waals surface area contributed by atoms with Gasteiger partial charge in [-0.1, -0.05) is 6.42 Å². The zero-order chi connectivity index (χ0) is 11.8. The third kappa shape index (κ3) is 1.98. The van der Waals surface area contributed by atoms with Crippen molar-refractivity contribution < 1.29 is 0 Å². The van der Waals surface area contributed by atoms with Crippen LogP contribution in [0.4, 0.5) is 0 Å². The van der Waals surface area contributed by atoms with E-state index in [0.717, 1.165) is 11.8 Å². The molecule has 2 heterocycles. The zero-order valence-electron chi connectivity index (χ0n) is 10.4. The summed E-state index contributed by atoms with van der Waals surface area (Å²) in [4.78, 5) is 0. The minimum Gasteiger partial charge on any atom is -0.152 e. The maximum Gasteiger partial charge on any atom is -0.00555 e. The maximum absolute atomic E-state index is 2.38. The molecule has 2 aromatic rings. The van der Waals surface area contributed by atoms with Crippen molar-refractivity contribution in [2.75, 3.05) is 0 Å². The Bertz CT molecular complexity index is 460. The molecule has 0 aliphatic heterocycles. The summed E-state index contributed by atoms with van der Waals surface area (Å²) >= 11 is 3.72. The topological polar surface area (TPSA) is 0 Å². The molecule has 17 heavy (non-hydrogen) atoms. The first kappa shape index (κ1) is 11.5. The zero-order valence-corrected chi connectivity index (χ0v) is 12.0. The molecule has 1 saturated carbocycles. The van der Waals surface area contributed by atoms with E-state index >= 15 is 0 Å². The van der Waals surface area contributed by atoms with Gasteiger partial charge in [-0.15, -0.1) is 0 Å². The third-order valence-corrected chi connectivity index (χ3v) is 5.86. The average molecular weight is 262 g/mol. The monoisotopic (exact) mass is 262 g/mol. The molecule has 0 spiro atoms. The molecule has 2 unspecified atom stereocenters. The molecular weight excluding hydrogens is 244 g/mol. The van der Waals surface area contributed by atoms with Crippen LogP contribution in [0, 0.1) is 13.8 Å². The normalized spacial score (nSPS) is 24.4. The Morgan fingerprint density at radius 2 is 1.29 bits per heavy atom. The predicted octanol–water partition coefficient (Wildman–Crippen LogP) is 5.48. The SMILES string of the molecule is Cc1cscc1C1CCCC1c1cscc1C. The summed E-state index contributed by atoms with van der Waals surface area (Å²) in [5, 5.41) is 9.34. The summed E-state index contributed by atoms with van der Waals surface area (Å²) in [5.74, 6) is 1.55. The minimum atomic E-state index is 0.773. The predicted molar refractivity (Wildman–Crippen MR) is 77.4 cm³/mol. The molecule has 0 N–H and O–H groups in total. The summed E-state index contributed by atoms with van der Waals surface area (Å²) < 4.78 is 0. The van der Waals surface area contributed by atoms with Crippen molar-refractivity contribution in [3.8, 4) is 0 Å². The van der Waals surface area contributed by atoms with E-state index in [1.807, 2.05) is 22.7 Å². The molecule has 0 aromatic carbocycles. The highest BCUT2D eigenvalue weighted by Crippen LogP contribution is 2.48. The highest BCUT2D eigenvalue weighted by atomic mass is 32.1. The van der Waals surface area contributed by atoms with Gasteiger partial charge in [-0.2, -0.15) is 22.7 Å². The van der Waals surface area contributed by atoms with Crippen LogP contribution >= 0.6 is 22.7 Å². The van der Waals surface area contributed by atoms with Gasteiger partial charge in [0.1, 0.15) is 0 Å². The number of hydrogen-bond acceptors (Lipinski definition) is 2. The Kier molecular flexibility index (Phi) is 3.10. The molecule has 2 heteroatoms. The molecule has 3 rings (SSSR count). The Morgan fingerprint density at radius 1 is 0.824 bits per heavy atom. The molecule has 0 saturated heterocycles. The number of rotatable bonds is 2. The second-order valence-corrected chi connectivity index (χ2v) is 6.65. The quantitative estimate of drug-likeness (QED) is 0.672. The van der Waals surface area contributed by atoms with Crippen molar-refractivity contribution in [2.45, 2.75) is 44.9 Å². The summed E-state index contributed by atoms with van der Waals surface area (Å²) in [5.41, 5.74) is 6.23. The molecule has 1 aliphatic carbocycles. The molecular formula is C15H18S2. The molecule has 1 fully saturated rings. The van der Waals surface area contributed by atoms with E-state index < -0.39 is 0 Å². The first-order valence-electron chi connectivity index (χ1n) is 6.32. The smallest absolute Gasteiger partial charge is 0.00555 e. The molecule has 2 atom stereocenters. The van der Waals surface area contributed by atoms with Crippen molar-refractivity contribution in [1.29, 1.82) is 0 Å². The Labute approximate surface area is 111 Å². The molecule has 90 valence electrons. The minimum absolute atomic E-state index is 0.773. The van der Waals surface area contributed by atoms with Gasteiger partial charge in [-0.3, -0.25) is 0 Å². The molecule has 2 aromatic heterocycles. The molecule has 1 aliphatic rings. The van der Waals surface area contributed by atoms with Gasteiger partial charge in [0.15, 0.2) is 0 Å². The number of aryl methyl sites for hydroxylation is 2. The van der Waals surface area contributed by atoms with Crippen LogP contribution in [0.2, 0.25) is 0 Å². The van der Waals surface area contributed by atoms with E-state index in [-0.39, 0.29) is 0 Å².